The molecule has 1 amide bonds. The molecule has 0 aromatic rings. The molecule has 18 heavy (non-hydrogen) atoms. The van der Waals surface area contributed by atoms with Crippen molar-refractivity contribution in [1.29, 1.82) is 0 Å². The topological polar surface area (TPSA) is 55.8 Å². The van der Waals surface area contributed by atoms with Gasteiger partial charge in [0.25, 0.3) is 5.91 Å². The maximum Gasteiger partial charge on any atom is 0.367 e. The van der Waals surface area contributed by atoms with Gasteiger partial charge in [-0.1, -0.05) is 49.9 Å². The van der Waals surface area contributed by atoms with E-state index in [9.17, 15) is 9.36 Å². The smallest absolute Gasteiger partial charge is 0.367 e. The van der Waals surface area contributed by atoms with Crippen LogP contribution in [0.4, 0.5) is 0 Å². The van der Waals surface area contributed by atoms with Crippen LogP contribution < -0.4 is 0 Å². The first-order chi connectivity index (χ1) is 8.31. The predicted octanol–water partition coefficient (Wildman–Crippen LogP) is 3.58. The van der Waals surface area contributed by atoms with E-state index in [4.69, 9.17) is 23.2 Å². The van der Waals surface area contributed by atoms with Crippen molar-refractivity contribution in [2.75, 3.05) is 21.2 Å². The van der Waals surface area contributed by atoms with Crippen molar-refractivity contribution in [3.05, 3.63) is 10.3 Å². The minimum Gasteiger partial charge on any atom is -0.418 e. The second-order valence-corrected chi connectivity index (χ2v) is 5.41. The van der Waals surface area contributed by atoms with Gasteiger partial charge >= 0.3 is 8.25 Å². The molecule has 8 heteroatoms. The molecular formula is C10H20Cl2NO4P. The molecule has 0 fully saturated rings. The van der Waals surface area contributed by atoms with E-state index in [-0.39, 0.29) is 10.3 Å². The fourth-order valence-electron chi connectivity index (χ4n) is 0.491. The molecule has 0 rings (SSSR count). The molecule has 1 atom stereocenters. The zero-order valence-electron chi connectivity index (χ0n) is 11.3. The minimum atomic E-state index is -2.77. The number of hydrogen-bond donors (Lipinski definition) is 0. The Bertz CT molecular complexity index is 302. The van der Waals surface area contributed by atoms with Crippen LogP contribution in [0.2, 0.25) is 0 Å². The molecule has 0 radical (unpaired) electrons. The molecule has 0 aromatic heterocycles. The van der Waals surface area contributed by atoms with Crippen molar-refractivity contribution in [2.45, 2.75) is 26.7 Å². The van der Waals surface area contributed by atoms with Gasteiger partial charge in [-0.2, -0.15) is 0 Å². The van der Waals surface area contributed by atoms with Gasteiger partial charge in [0, 0.05) is 21.2 Å². The average molecular weight is 320 g/mol. The zero-order valence-corrected chi connectivity index (χ0v) is 13.8. The number of rotatable bonds is 5. The molecule has 0 aliphatic heterocycles. The number of amides is 1. The van der Waals surface area contributed by atoms with Gasteiger partial charge in [0.1, 0.15) is 0 Å². The Kier molecular flexibility index (Phi) is 13.2. The molecule has 0 aliphatic carbocycles. The van der Waals surface area contributed by atoms with Crippen molar-refractivity contribution in [3.63, 3.8) is 0 Å². The van der Waals surface area contributed by atoms with E-state index in [1.807, 2.05) is 0 Å². The average Bonchev–Trinajstić information content (AvgIpc) is 2.34. The van der Waals surface area contributed by atoms with E-state index >= 15 is 0 Å². The van der Waals surface area contributed by atoms with Gasteiger partial charge in [-0.05, 0) is 0 Å². The van der Waals surface area contributed by atoms with Gasteiger partial charge in [0.2, 0.25) is 5.76 Å². The largest absolute Gasteiger partial charge is 0.418 e. The van der Waals surface area contributed by atoms with Crippen molar-refractivity contribution < 1.29 is 18.4 Å². The fraction of sp³-hybridized carbons (Fsp3) is 0.700. The summed E-state index contributed by atoms with van der Waals surface area (Å²) in [6.07, 6.45) is 2.64. The number of halogens is 2. The third kappa shape index (κ3) is 9.77. The van der Waals surface area contributed by atoms with E-state index in [1.165, 1.54) is 38.9 Å². The highest BCUT2D eigenvalue weighted by molar-refractivity contribution is 7.33. The molecular weight excluding hydrogens is 300 g/mol. The van der Waals surface area contributed by atoms with Crippen LogP contribution in [0.15, 0.2) is 10.3 Å². The zero-order chi connectivity index (χ0) is 14.7. The number of nitrogens with zero attached hydrogens (tertiary/aromatic N) is 1. The Labute approximate surface area is 119 Å². The SMILES string of the molecule is CCCC.CO[PH](=O)OC(C(=O)N(C)C)=C(Cl)Cl. The normalized spacial score (nSPS) is 10.8. The van der Waals surface area contributed by atoms with Crippen molar-refractivity contribution >= 4 is 37.4 Å². The molecule has 108 valence electrons. The van der Waals surface area contributed by atoms with Gasteiger partial charge in [-0.3, -0.25) is 4.79 Å². The molecule has 0 heterocycles. The Hall–Kier alpha value is -0.220. The van der Waals surface area contributed by atoms with Crippen LogP contribution in [0.1, 0.15) is 26.7 Å². The lowest BCUT2D eigenvalue weighted by molar-refractivity contribution is -0.127. The van der Waals surface area contributed by atoms with Gasteiger partial charge in [-0.25, -0.2) is 4.57 Å². The summed E-state index contributed by atoms with van der Waals surface area (Å²) in [6, 6.07) is 0. The Morgan fingerprint density at radius 3 is 1.89 bits per heavy atom. The predicted molar refractivity (Wildman–Crippen MR) is 75.1 cm³/mol. The minimum absolute atomic E-state index is 0.385. The highest BCUT2D eigenvalue weighted by Crippen LogP contribution is 2.30. The number of unbranched alkanes of at least 4 members (excludes halogenated alkanes) is 1. The first-order valence-corrected chi connectivity index (χ1v) is 7.32. The number of carbonyl (C=O) groups excluding carboxylic acids is 1. The summed E-state index contributed by atoms with van der Waals surface area (Å²) in [5.41, 5.74) is 0. The monoisotopic (exact) mass is 319 g/mol. The molecule has 0 saturated carbocycles. The summed E-state index contributed by atoms with van der Waals surface area (Å²) in [5.74, 6) is -0.968. The first-order valence-electron chi connectivity index (χ1n) is 5.34. The van der Waals surface area contributed by atoms with Crippen LogP contribution in [0.25, 0.3) is 0 Å². The van der Waals surface area contributed by atoms with Crippen LogP contribution in [0.3, 0.4) is 0 Å². The van der Waals surface area contributed by atoms with E-state index in [1.54, 1.807) is 0 Å². The van der Waals surface area contributed by atoms with Gasteiger partial charge < -0.3 is 13.9 Å². The number of carbonyl (C=O) groups is 1. The van der Waals surface area contributed by atoms with E-state index < -0.39 is 14.2 Å². The van der Waals surface area contributed by atoms with E-state index in [2.05, 4.69) is 22.9 Å². The second kappa shape index (κ2) is 11.8. The third-order valence-corrected chi connectivity index (χ3v) is 2.67. The molecule has 0 aromatic carbocycles. The lowest BCUT2D eigenvalue weighted by Gasteiger charge is -2.13. The second-order valence-electron chi connectivity index (χ2n) is 3.35. The molecule has 1 unspecified atom stereocenters. The highest BCUT2D eigenvalue weighted by Gasteiger charge is 2.19. The molecule has 0 saturated heterocycles. The van der Waals surface area contributed by atoms with Gasteiger partial charge in [-0.15, -0.1) is 0 Å². The third-order valence-electron chi connectivity index (χ3n) is 1.62. The fourth-order valence-corrected chi connectivity index (χ4v) is 1.30. The van der Waals surface area contributed by atoms with Gasteiger partial charge in [0.15, 0.2) is 4.49 Å². The molecule has 0 aliphatic rings. The molecule has 0 N–H and O–H groups in total. The molecule has 0 bridgehead atoms. The van der Waals surface area contributed by atoms with Crippen LogP contribution in [0, 0.1) is 0 Å². The lowest BCUT2D eigenvalue weighted by Crippen LogP contribution is -2.24. The van der Waals surface area contributed by atoms with Crippen LogP contribution in [-0.2, 0) is 18.4 Å². The molecule has 5 nitrogen and oxygen atoms in total. The summed E-state index contributed by atoms with van der Waals surface area (Å²) >= 11 is 10.8. The lowest BCUT2D eigenvalue weighted by atomic mass is 10.4. The standard InChI is InChI=1S/C6H10Cl2NO4P.C4H10/c1-9(2)6(10)4(5(7)8)13-14(11)12-3;1-3-4-2/h14H,1-3H3;3-4H2,1-2H3. The maximum atomic E-state index is 11.3. The van der Waals surface area contributed by atoms with Crippen LogP contribution >= 0.6 is 31.5 Å². The van der Waals surface area contributed by atoms with Crippen LogP contribution in [0.5, 0.6) is 0 Å². The first kappa shape index (κ1) is 20.1. The van der Waals surface area contributed by atoms with Crippen molar-refractivity contribution in [2.24, 2.45) is 0 Å². The summed E-state index contributed by atoms with van der Waals surface area (Å²) in [6.45, 7) is 4.36. The molecule has 0 spiro atoms. The van der Waals surface area contributed by atoms with Crippen molar-refractivity contribution in [3.8, 4) is 0 Å². The summed E-state index contributed by atoms with van der Waals surface area (Å²) < 4.78 is 19.5. The highest BCUT2D eigenvalue weighted by atomic mass is 35.5. The summed E-state index contributed by atoms with van der Waals surface area (Å²) in [7, 11) is 1.36. The van der Waals surface area contributed by atoms with Crippen LogP contribution in [-0.4, -0.2) is 32.0 Å². The van der Waals surface area contributed by atoms with Crippen molar-refractivity contribution in [1.82, 2.24) is 4.90 Å². The van der Waals surface area contributed by atoms with E-state index in [0.717, 1.165) is 0 Å². The quantitative estimate of drug-likeness (QED) is 0.441. The Morgan fingerprint density at radius 2 is 1.67 bits per heavy atom. The Balaban J connectivity index is 0. The maximum absolute atomic E-state index is 11.3. The summed E-state index contributed by atoms with van der Waals surface area (Å²) in [4.78, 5) is 12.5. The Morgan fingerprint density at radius 1 is 1.22 bits per heavy atom. The number of hydrogen-bond acceptors (Lipinski definition) is 4. The van der Waals surface area contributed by atoms with Gasteiger partial charge in [0.05, 0.1) is 0 Å². The van der Waals surface area contributed by atoms with E-state index in [0.29, 0.717) is 0 Å². The number of likely N-dealkylation sites (N-methyl/N-ethyl adjacent to an activating group) is 1. The summed E-state index contributed by atoms with van der Waals surface area (Å²) in [5, 5.41) is 0.